The molecular formula is C13H15N5O2. The predicted molar refractivity (Wildman–Crippen MR) is 77.8 cm³/mol. The predicted octanol–water partition coefficient (Wildman–Crippen LogP) is 2.58. The summed E-state index contributed by atoms with van der Waals surface area (Å²) in [5.74, 6) is 5.84. The topological polar surface area (TPSA) is 106 Å². The lowest BCUT2D eigenvalue weighted by atomic mass is 10.1. The molecule has 1 aromatic carbocycles. The molecule has 104 valence electrons. The fraction of sp³-hybridized carbons (Fsp3) is 0.154. The van der Waals surface area contributed by atoms with Gasteiger partial charge in [-0.1, -0.05) is 19.1 Å². The van der Waals surface area contributed by atoms with Crippen molar-refractivity contribution in [2.45, 2.75) is 13.3 Å². The van der Waals surface area contributed by atoms with E-state index in [4.69, 9.17) is 5.84 Å². The van der Waals surface area contributed by atoms with Crippen LogP contribution in [0.1, 0.15) is 12.5 Å². The smallest absolute Gasteiger partial charge is 0.276 e. The van der Waals surface area contributed by atoms with Crippen molar-refractivity contribution in [3.63, 3.8) is 0 Å². The minimum absolute atomic E-state index is 0.0828. The highest BCUT2D eigenvalue weighted by Gasteiger charge is 2.10. The van der Waals surface area contributed by atoms with Crippen LogP contribution in [0.25, 0.3) is 0 Å². The SMILES string of the molecule is CCc1ccc(Nc2cc([N+](=O)[O-])cc(NN)n2)cc1. The number of nitrogens with two attached hydrogens (primary N) is 1. The molecule has 0 saturated carbocycles. The maximum atomic E-state index is 10.8. The van der Waals surface area contributed by atoms with Crippen LogP contribution in [0.5, 0.6) is 0 Å². The standard InChI is InChI=1S/C13H15N5O2/c1-2-9-3-5-10(6-4-9)15-12-7-11(18(19)20)8-13(16-12)17-14/h3-8H,2,14H2,1H3,(H2,15,16,17). The van der Waals surface area contributed by atoms with Gasteiger partial charge in [-0.2, -0.15) is 0 Å². The van der Waals surface area contributed by atoms with Crippen molar-refractivity contribution in [1.29, 1.82) is 0 Å². The number of rotatable bonds is 5. The lowest BCUT2D eigenvalue weighted by molar-refractivity contribution is -0.384. The van der Waals surface area contributed by atoms with Crippen LogP contribution >= 0.6 is 0 Å². The molecular weight excluding hydrogens is 258 g/mol. The van der Waals surface area contributed by atoms with E-state index in [9.17, 15) is 10.1 Å². The first-order valence-electron chi connectivity index (χ1n) is 6.11. The quantitative estimate of drug-likeness (QED) is 0.439. The zero-order chi connectivity index (χ0) is 14.5. The number of aryl methyl sites for hydroxylation is 1. The summed E-state index contributed by atoms with van der Waals surface area (Å²) in [6.07, 6.45) is 0.955. The van der Waals surface area contributed by atoms with Gasteiger partial charge in [-0.3, -0.25) is 10.1 Å². The van der Waals surface area contributed by atoms with E-state index in [0.717, 1.165) is 12.1 Å². The molecule has 2 aromatic rings. The first-order chi connectivity index (χ1) is 9.62. The van der Waals surface area contributed by atoms with E-state index < -0.39 is 4.92 Å². The average Bonchev–Trinajstić information content (AvgIpc) is 2.47. The summed E-state index contributed by atoms with van der Waals surface area (Å²) >= 11 is 0. The highest BCUT2D eigenvalue weighted by atomic mass is 16.6. The number of nitrogens with one attached hydrogen (secondary N) is 2. The normalized spacial score (nSPS) is 10.1. The van der Waals surface area contributed by atoms with E-state index >= 15 is 0 Å². The van der Waals surface area contributed by atoms with Crippen molar-refractivity contribution in [2.75, 3.05) is 10.7 Å². The van der Waals surface area contributed by atoms with Crippen molar-refractivity contribution in [3.05, 3.63) is 52.1 Å². The second-order valence-corrected chi connectivity index (χ2v) is 4.17. The maximum Gasteiger partial charge on any atom is 0.276 e. The second-order valence-electron chi connectivity index (χ2n) is 4.17. The molecule has 0 unspecified atom stereocenters. The van der Waals surface area contributed by atoms with Crippen LogP contribution in [0.3, 0.4) is 0 Å². The van der Waals surface area contributed by atoms with Gasteiger partial charge in [0.1, 0.15) is 11.6 Å². The monoisotopic (exact) mass is 273 g/mol. The van der Waals surface area contributed by atoms with Gasteiger partial charge >= 0.3 is 0 Å². The maximum absolute atomic E-state index is 10.8. The zero-order valence-electron chi connectivity index (χ0n) is 11.0. The van der Waals surface area contributed by atoms with Crippen LogP contribution in [0, 0.1) is 10.1 Å². The molecule has 20 heavy (non-hydrogen) atoms. The third-order valence-electron chi connectivity index (χ3n) is 2.80. The summed E-state index contributed by atoms with van der Waals surface area (Å²) in [7, 11) is 0. The molecule has 0 fully saturated rings. The Hall–Kier alpha value is -2.67. The van der Waals surface area contributed by atoms with Crippen LogP contribution < -0.4 is 16.6 Å². The van der Waals surface area contributed by atoms with E-state index in [-0.39, 0.29) is 11.5 Å². The highest BCUT2D eigenvalue weighted by Crippen LogP contribution is 2.23. The summed E-state index contributed by atoms with van der Waals surface area (Å²) in [5, 5.41) is 13.9. The molecule has 0 atom stereocenters. The molecule has 1 heterocycles. The van der Waals surface area contributed by atoms with Crippen molar-refractivity contribution >= 4 is 23.0 Å². The van der Waals surface area contributed by atoms with Crippen LogP contribution in [-0.4, -0.2) is 9.91 Å². The number of hydrazine groups is 1. The molecule has 0 spiro atoms. The molecule has 2 rings (SSSR count). The first kappa shape index (κ1) is 13.8. The molecule has 0 aliphatic heterocycles. The van der Waals surface area contributed by atoms with Gasteiger partial charge < -0.3 is 10.7 Å². The number of nitrogens with zero attached hydrogens (tertiary/aromatic N) is 2. The first-order valence-corrected chi connectivity index (χ1v) is 6.11. The molecule has 7 nitrogen and oxygen atoms in total. The van der Waals surface area contributed by atoms with Gasteiger partial charge in [-0.05, 0) is 24.1 Å². The van der Waals surface area contributed by atoms with Crippen molar-refractivity contribution < 1.29 is 4.92 Å². The fourth-order valence-electron chi connectivity index (χ4n) is 1.73. The third kappa shape index (κ3) is 3.21. The van der Waals surface area contributed by atoms with E-state index in [1.165, 1.54) is 17.7 Å². The Labute approximate surface area is 116 Å². The Morgan fingerprint density at radius 3 is 2.45 bits per heavy atom. The Balaban J connectivity index is 2.27. The Kier molecular flexibility index (Phi) is 4.11. The minimum Gasteiger partial charge on any atom is -0.340 e. The van der Waals surface area contributed by atoms with Crippen LogP contribution in [0.4, 0.5) is 23.0 Å². The van der Waals surface area contributed by atoms with Gasteiger partial charge in [-0.15, -0.1) is 0 Å². The third-order valence-corrected chi connectivity index (χ3v) is 2.80. The summed E-state index contributed by atoms with van der Waals surface area (Å²) in [5.41, 5.74) is 4.25. The molecule has 0 radical (unpaired) electrons. The van der Waals surface area contributed by atoms with Gasteiger partial charge in [-0.25, -0.2) is 10.8 Å². The molecule has 0 saturated heterocycles. The molecule has 0 bridgehead atoms. The number of aromatic nitrogens is 1. The Morgan fingerprint density at radius 1 is 1.25 bits per heavy atom. The number of nitro groups is 1. The van der Waals surface area contributed by atoms with Crippen LogP contribution in [0.15, 0.2) is 36.4 Å². The fourth-order valence-corrected chi connectivity index (χ4v) is 1.73. The van der Waals surface area contributed by atoms with Crippen LogP contribution in [-0.2, 0) is 6.42 Å². The number of hydrogen-bond acceptors (Lipinski definition) is 6. The number of pyridine rings is 1. The van der Waals surface area contributed by atoms with Gasteiger partial charge in [0.05, 0.1) is 17.1 Å². The van der Waals surface area contributed by atoms with Crippen molar-refractivity contribution in [1.82, 2.24) is 4.98 Å². The summed E-state index contributed by atoms with van der Waals surface area (Å²) in [6.45, 7) is 2.07. The van der Waals surface area contributed by atoms with E-state index in [0.29, 0.717) is 5.82 Å². The van der Waals surface area contributed by atoms with Crippen molar-refractivity contribution in [2.24, 2.45) is 5.84 Å². The van der Waals surface area contributed by atoms with Gasteiger partial charge in [0.25, 0.3) is 5.69 Å². The summed E-state index contributed by atoms with van der Waals surface area (Å²) < 4.78 is 0. The minimum atomic E-state index is -0.492. The molecule has 7 heteroatoms. The molecule has 0 amide bonds. The van der Waals surface area contributed by atoms with Crippen LogP contribution in [0.2, 0.25) is 0 Å². The number of anilines is 3. The molecule has 1 aromatic heterocycles. The average molecular weight is 273 g/mol. The van der Waals surface area contributed by atoms with Gasteiger partial charge in [0.15, 0.2) is 0 Å². The zero-order valence-corrected chi connectivity index (χ0v) is 11.0. The van der Waals surface area contributed by atoms with Gasteiger partial charge in [0.2, 0.25) is 0 Å². The number of benzene rings is 1. The molecule has 0 aliphatic rings. The summed E-state index contributed by atoms with van der Waals surface area (Å²) in [4.78, 5) is 14.5. The summed E-state index contributed by atoms with van der Waals surface area (Å²) in [6, 6.07) is 10.4. The van der Waals surface area contributed by atoms with Crippen molar-refractivity contribution in [3.8, 4) is 0 Å². The molecule has 4 N–H and O–H groups in total. The number of nitrogen functional groups attached to an aromatic ring is 1. The van der Waals surface area contributed by atoms with Gasteiger partial charge in [0, 0.05) is 5.69 Å². The largest absolute Gasteiger partial charge is 0.340 e. The Morgan fingerprint density at radius 2 is 1.90 bits per heavy atom. The Bertz CT molecular complexity index is 613. The molecule has 0 aliphatic carbocycles. The van der Waals surface area contributed by atoms with E-state index in [2.05, 4.69) is 22.7 Å². The van der Waals surface area contributed by atoms with E-state index in [1.54, 1.807) is 0 Å². The lowest BCUT2D eigenvalue weighted by Crippen LogP contribution is -2.10. The lowest BCUT2D eigenvalue weighted by Gasteiger charge is -2.08. The second kappa shape index (κ2) is 5.98. The highest BCUT2D eigenvalue weighted by molar-refractivity contribution is 5.62. The van der Waals surface area contributed by atoms with E-state index in [1.807, 2.05) is 24.3 Å². The number of hydrogen-bond donors (Lipinski definition) is 3.